The lowest BCUT2D eigenvalue weighted by molar-refractivity contribution is 0.0233. The molecule has 1 aromatic heterocycles. The number of hydrogen-bond acceptors (Lipinski definition) is 5. The van der Waals surface area contributed by atoms with E-state index in [1.54, 1.807) is 0 Å². The van der Waals surface area contributed by atoms with Crippen molar-refractivity contribution in [2.75, 3.05) is 18.9 Å². The molecule has 2 heterocycles. The second kappa shape index (κ2) is 5.12. The van der Waals surface area contributed by atoms with Gasteiger partial charge < -0.3 is 15.2 Å². The zero-order valence-electron chi connectivity index (χ0n) is 9.48. The number of nitrogen functional groups attached to an aromatic ring is 1. The van der Waals surface area contributed by atoms with Crippen LogP contribution >= 0.6 is 0 Å². The summed E-state index contributed by atoms with van der Waals surface area (Å²) in [6, 6.07) is 0. The highest BCUT2D eigenvalue weighted by Gasteiger charge is 2.18. The molecule has 0 amide bonds. The first kappa shape index (κ1) is 11.1. The van der Waals surface area contributed by atoms with Crippen LogP contribution in [0.5, 0.6) is 5.88 Å². The van der Waals surface area contributed by atoms with Gasteiger partial charge in [0, 0.05) is 12.8 Å². The van der Waals surface area contributed by atoms with Gasteiger partial charge in [-0.15, -0.1) is 0 Å². The topological polar surface area (TPSA) is 70.3 Å². The normalized spacial score (nSPS) is 17.3. The molecule has 5 nitrogen and oxygen atoms in total. The molecule has 1 aliphatic heterocycles. The van der Waals surface area contributed by atoms with E-state index in [4.69, 9.17) is 15.2 Å². The zero-order valence-corrected chi connectivity index (χ0v) is 9.48. The van der Waals surface area contributed by atoms with Crippen molar-refractivity contribution in [2.45, 2.75) is 32.3 Å². The third-order valence-electron chi connectivity index (χ3n) is 2.74. The Balaban J connectivity index is 2.10. The van der Waals surface area contributed by atoms with Crippen molar-refractivity contribution >= 4 is 5.82 Å². The summed E-state index contributed by atoms with van der Waals surface area (Å²) in [6.45, 7) is 3.53. The van der Waals surface area contributed by atoms with E-state index in [-0.39, 0.29) is 6.10 Å². The van der Waals surface area contributed by atoms with Crippen molar-refractivity contribution in [2.24, 2.45) is 0 Å². The van der Waals surface area contributed by atoms with E-state index in [2.05, 4.69) is 9.97 Å². The van der Waals surface area contributed by atoms with Crippen LogP contribution in [-0.2, 0) is 11.2 Å². The van der Waals surface area contributed by atoms with Gasteiger partial charge in [0.15, 0.2) is 0 Å². The summed E-state index contributed by atoms with van der Waals surface area (Å²) < 4.78 is 11.1. The Morgan fingerprint density at radius 3 is 2.88 bits per heavy atom. The van der Waals surface area contributed by atoms with E-state index >= 15 is 0 Å². The molecule has 5 heteroatoms. The van der Waals surface area contributed by atoms with Crippen LogP contribution in [-0.4, -0.2) is 29.3 Å². The Labute approximate surface area is 95.0 Å². The number of nitrogens with zero attached hydrogens (tertiary/aromatic N) is 2. The summed E-state index contributed by atoms with van der Waals surface area (Å²) in [5.74, 6) is 1.14. The van der Waals surface area contributed by atoms with Crippen LogP contribution < -0.4 is 10.5 Å². The standard InChI is InChI=1S/C11H17N3O2/c1-2-9-10(12)13-7-14-11(9)16-8-3-5-15-6-4-8/h7-8H,2-6H2,1H3,(H2,12,13,14). The first-order chi connectivity index (χ1) is 7.81. The Kier molecular flexibility index (Phi) is 3.56. The van der Waals surface area contributed by atoms with Crippen LogP contribution in [0.15, 0.2) is 6.33 Å². The van der Waals surface area contributed by atoms with Crippen molar-refractivity contribution in [3.63, 3.8) is 0 Å². The highest BCUT2D eigenvalue weighted by molar-refractivity contribution is 5.44. The van der Waals surface area contributed by atoms with Gasteiger partial charge in [-0.1, -0.05) is 6.92 Å². The number of hydrogen-bond donors (Lipinski definition) is 1. The van der Waals surface area contributed by atoms with Crippen molar-refractivity contribution < 1.29 is 9.47 Å². The molecule has 1 saturated heterocycles. The molecule has 0 radical (unpaired) electrons. The summed E-state index contributed by atoms with van der Waals surface area (Å²) >= 11 is 0. The van der Waals surface area contributed by atoms with E-state index in [9.17, 15) is 0 Å². The van der Waals surface area contributed by atoms with Crippen LogP contribution in [0, 0.1) is 0 Å². The Morgan fingerprint density at radius 1 is 1.44 bits per heavy atom. The maximum atomic E-state index is 5.85. The summed E-state index contributed by atoms with van der Waals surface area (Å²) in [4.78, 5) is 8.12. The second-order valence-corrected chi connectivity index (χ2v) is 3.83. The molecule has 0 aromatic carbocycles. The number of ether oxygens (including phenoxy) is 2. The Morgan fingerprint density at radius 2 is 2.19 bits per heavy atom. The molecule has 0 saturated carbocycles. The lowest BCUT2D eigenvalue weighted by Crippen LogP contribution is -2.26. The maximum absolute atomic E-state index is 5.85. The molecule has 1 fully saturated rings. The highest BCUT2D eigenvalue weighted by Crippen LogP contribution is 2.23. The molecule has 0 atom stereocenters. The molecule has 0 bridgehead atoms. The molecule has 0 unspecified atom stereocenters. The molecule has 1 aliphatic rings. The quantitative estimate of drug-likeness (QED) is 0.833. The summed E-state index contributed by atoms with van der Waals surface area (Å²) in [6.07, 6.45) is 4.24. The Hall–Kier alpha value is -1.36. The van der Waals surface area contributed by atoms with E-state index < -0.39 is 0 Å². The van der Waals surface area contributed by atoms with Gasteiger partial charge in [-0.25, -0.2) is 9.97 Å². The van der Waals surface area contributed by atoms with E-state index in [0.717, 1.165) is 38.0 Å². The van der Waals surface area contributed by atoms with Crippen molar-refractivity contribution in [3.05, 3.63) is 11.9 Å². The predicted octanol–water partition coefficient (Wildman–Crippen LogP) is 1.18. The minimum atomic E-state index is 0.188. The predicted molar refractivity (Wildman–Crippen MR) is 60.3 cm³/mol. The molecule has 88 valence electrons. The number of nitrogens with two attached hydrogens (primary N) is 1. The summed E-state index contributed by atoms with van der Waals surface area (Å²) in [7, 11) is 0. The largest absolute Gasteiger partial charge is 0.474 e. The van der Waals surface area contributed by atoms with Gasteiger partial charge in [-0.05, 0) is 6.42 Å². The second-order valence-electron chi connectivity index (χ2n) is 3.83. The smallest absolute Gasteiger partial charge is 0.222 e. The first-order valence-corrected chi connectivity index (χ1v) is 5.65. The SMILES string of the molecule is CCc1c(N)ncnc1OC1CCOCC1. The molecule has 0 spiro atoms. The average Bonchev–Trinajstić information content (AvgIpc) is 2.31. The fraction of sp³-hybridized carbons (Fsp3) is 0.636. The first-order valence-electron chi connectivity index (χ1n) is 5.65. The van der Waals surface area contributed by atoms with E-state index in [1.165, 1.54) is 6.33 Å². The average molecular weight is 223 g/mol. The van der Waals surface area contributed by atoms with Gasteiger partial charge in [-0.3, -0.25) is 0 Å². The zero-order chi connectivity index (χ0) is 11.4. The van der Waals surface area contributed by atoms with Crippen LogP contribution in [0.2, 0.25) is 0 Å². The van der Waals surface area contributed by atoms with Gasteiger partial charge in [0.25, 0.3) is 0 Å². The molecule has 16 heavy (non-hydrogen) atoms. The molecular weight excluding hydrogens is 206 g/mol. The minimum Gasteiger partial charge on any atom is -0.474 e. The fourth-order valence-electron chi connectivity index (χ4n) is 1.79. The van der Waals surface area contributed by atoms with E-state index in [0.29, 0.717) is 11.7 Å². The molecular formula is C11H17N3O2. The summed E-state index contributed by atoms with van der Waals surface area (Å²) in [5.41, 5.74) is 6.68. The minimum absolute atomic E-state index is 0.188. The monoisotopic (exact) mass is 223 g/mol. The van der Waals surface area contributed by atoms with Gasteiger partial charge >= 0.3 is 0 Å². The third kappa shape index (κ3) is 2.41. The summed E-state index contributed by atoms with van der Waals surface area (Å²) in [5, 5.41) is 0. The Bertz CT molecular complexity index is 351. The van der Waals surface area contributed by atoms with Crippen LogP contribution in [0.4, 0.5) is 5.82 Å². The van der Waals surface area contributed by atoms with Crippen LogP contribution in [0.1, 0.15) is 25.3 Å². The molecule has 2 N–H and O–H groups in total. The van der Waals surface area contributed by atoms with Crippen LogP contribution in [0.25, 0.3) is 0 Å². The molecule has 2 rings (SSSR count). The van der Waals surface area contributed by atoms with Gasteiger partial charge in [-0.2, -0.15) is 0 Å². The number of rotatable bonds is 3. The maximum Gasteiger partial charge on any atom is 0.222 e. The highest BCUT2D eigenvalue weighted by atomic mass is 16.5. The van der Waals surface area contributed by atoms with Crippen LogP contribution in [0.3, 0.4) is 0 Å². The fourth-order valence-corrected chi connectivity index (χ4v) is 1.79. The molecule has 1 aromatic rings. The molecule has 0 aliphatic carbocycles. The van der Waals surface area contributed by atoms with Crippen molar-refractivity contribution in [3.8, 4) is 5.88 Å². The number of anilines is 1. The van der Waals surface area contributed by atoms with Crippen molar-refractivity contribution in [1.82, 2.24) is 9.97 Å². The van der Waals surface area contributed by atoms with Crippen molar-refractivity contribution in [1.29, 1.82) is 0 Å². The number of aromatic nitrogens is 2. The van der Waals surface area contributed by atoms with Gasteiger partial charge in [0.1, 0.15) is 18.2 Å². The third-order valence-corrected chi connectivity index (χ3v) is 2.74. The van der Waals surface area contributed by atoms with Gasteiger partial charge in [0.2, 0.25) is 5.88 Å². The lowest BCUT2D eigenvalue weighted by Gasteiger charge is -2.23. The lowest BCUT2D eigenvalue weighted by atomic mass is 10.1. The van der Waals surface area contributed by atoms with E-state index in [1.807, 2.05) is 6.92 Å². The van der Waals surface area contributed by atoms with Gasteiger partial charge in [0.05, 0.1) is 18.8 Å².